The van der Waals surface area contributed by atoms with Gasteiger partial charge in [-0.15, -0.1) is 6.42 Å². The number of terminal acetylenes is 1. The van der Waals surface area contributed by atoms with Gasteiger partial charge in [-0.05, 0) is 30.3 Å². The molecule has 29 heavy (non-hydrogen) atoms. The van der Waals surface area contributed by atoms with Gasteiger partial charge in [0.1, 0.15) is 0 Å². The topological polar surface area (TPSA) is 129 Å². The van der Waals surface area contributed by atoms with Crippen LogP contribution in [0.3, 0.4) is 0 Å². The molecule has 1 amide bonds. The first kappa shape index (κ1) is 20.9. The second-order valence-corrected chi connectivity index (χ2v) is 10.6. The molecule has 0 bridgehead atoms. The second-order valence-electron chi connectivity index (χ2n) is 6.03. The van der Waals surface area contributed by atoms with Crippen LogP contribution < -0.4 is 9.94 Å². The van der Waals surface area contributed by atoms with Crippen LogP contribution in [-0.2, 0) is 26.4 Å². The Morgan fingerprint density at radius 1 is 1.21 bits per heavy atom. The van der Waals surface area contributed by atoms with Crippen LogP contribution in [0.1, 0.15) is 10.4 Å². The van der Waals surface area contributed by atoms with Gasteiger partial charge in [-0.1, -0.05) is 29.4 Å². The number of carbonyl (C=O) groups is 1. The molecule has 0 aliphatic heterocycles. The highest BCUT2D eigenvalue weighted by Crippen LogP contribution is 2.22. The second kappa shape index (κ2) is 7.57. The van der Waals surface area contributed by atoms with Crippen molar-refractivity contribution in [3.63, 3.8) is 0 Å². The molecule has 11 heteroatoms. The molecule has 150 valence electrons. The molecule has 0 aliphatic carbocycles. The van der Waals surface area contributed by atoms with E-state index >= 15 is 0 Å². The van der Waals surface area contributed by atoms with Crippen molar-refractivity contribution < 1.29 is 21.6 Å². The van der Waals surface area contributed by atoms with Crippen molar-refractivity contribution in [2.24, 2.45) is 10.1 Å². The summed E-state index contributed by atoms with van der Waals surface area (Å²) in [6, 6.07) is 9.99. The average molecular weight is 450 g/mol. The summed E-state index contributed by atoms with van der Waals surface area (Å²) in [5.74, 6) is 1.70. The minimum Gasteiger partial charge on any atom is -0.305 e. The molecular formula is C18H15N3O5S3. The number of nitrogens with zero attached hydrogens (tertiary/aromatic N) is 2. The summed E-state index contributed by atoms with van der Waals surface area (Å²) in [7, 11) is -7.54. The maximum Gasteiger partial charge on any atom is 0.280 e. The largest absolute Gasteiger partial charge is 0.305 e. The molecule has 0 fully saturated rings. The van der Waals surface area contributed by atoms with Crippen LogP contribution in [0.5, 0.6) is 0 Å². The number of aromatic nitrogens is 1. The van der Waals surface area contributed by atoms with E-state index in [1.165, 1.54) is 42.5 Å². The lowest BCUT2D eigenvalue weighted by Gasteiger charge is -2.04. The maximum atomic E-state index is 12.7. The third-order valence-electron chi connectivity index (χ3n) is 3.95. The van der Waals surface area contributed by atoms with E-state index < -0.39 is 25.8 Å². The highest BCUT2D eigenvalue weighted by atomic mass is 32.2. The highest BCUT2D eigenvalue weighted by Gasteiger charge is 2.19. The van der Waals surface area contributed by atoms with Gasteiger partial charge >= 0.3 is 0 Å². The van der Waals surface area contributed by atoms with Crippen molar-refractivity contribution in [3.8, 4) is 12.3 Å². The van der Waals surface area contributed by atoms with E-state index in [1.807, 2.05) is 0 Å². The number of amides is 1. The van der Waals surface area contributed by atoms with E-state index in [-0.39, 0.29) is 26.7 Å². The van der Waals surface area contributed by atoms with Gasteiger partial charge in [0.05, 0.1) is 32.1 Å². The summed E-state index contributed by atoms with van der Waals surface area (Å²) in [6.07, 6.45) is 6.42. The first-order chi connectivity index (χ1) is 13.5. The van der Waals surface area contributed by atoms with Crippen LogP contribution in [0.25, 0.3) is 10.2 Å². The molecule has 0 saturated heterocycles. The summed E-state index contributed by atoms with van der Waals surface area (Å²) in [6.45, 7) is 0.0779. The third kappa shape index (κ3) is 4.30. The van der Waals surface area contributed by atoms with E-state index in [4.69, 9.17) is 11.6 Å². The molecule has 1 heterocycles. The zero-order valence-electron chi connectivity index (χ0n) is 15.1. The zero-order valence-corrected chi connectivity index (χ0v) is 17.5. The summed E-state index contributed by atoms with van der Waals surface area (Å²) in [5, 5.41) is 5.17. The highest BCUT2D eigenvalue weighted by molar-refractivity contribution is 7.90. The number of nitrogens with two attached hydrogens (primary N) is 1. The van der Waals surface area contributed by atoms with Gasteiger partial charge in [0.25, 0.3) is 5.91 Å². The Kier molecular flexibility index (Phi) is 5.46. The fourth-order valence-electron chi connectivity index (χ4n) is 2.67. The number of sulfonamides is 1. The Hall–Kier alpha value is -2.78. The SMILES string of the molecule is C#CCn1c(=NC(=O)c2ccccc2S(C)(=O)=O)sc2cc(S(N)(=O)=O)ccc21. The monoisotopic (exact) mass is 449 g/mol. The molecule has 3 aromatic rings. The Bertz CT molecular complexity index is 1460. The number of thiazole rings is 1. The number of rotatable bonds is 4. The lowest BCUT2D eigenvalue weighted by atomic mass is 10.2. The summed E-state index contributed by atoms with van der Waals surface area (Å²) in [5.41, 5.74) is 0.508. The minimum absolute atomic E-state index is 0.0649. The van der Waals surface area contributed by atoms with Crippen molar-refractivity contribution in [3.05, 3.63) is 52.8 Å². The summed E-state index contributed by atoms with van der Waals surface area (Å²) < 4.78 is 49.2. The van der Waals surface area contributed by atoms with Crippen LogP contribution in [0.15, 0.2) is 57.2 Å². The number of carbonyl (C=O) groups excluding carboxylic acids is 1. The maximum absolute atomic E-state index is 12.7. The van der Waals surface area contributed by atoms with Crippen LogP contribution in [0, 0.1) is 12.3 Å². The van der Waals surface area contributed by atoms with E-state index in [9.17, 15) is 21.6 Å². The van der Waals surface area contributed by atoms with Gasteiger partial charge in [0, 0.05) is 6.26 Å². The molecule has 0 atom stereocenters. The number of hydrogen-bond donors (Lipinski definition) is 1. The lowest BCUT2D eigenvalue weighted by Crippen LogP contribution is -2.17. The number of sulfone groups is 1. The molecule has 8 nitrogen and oxygen atoms in total. The van der Waals surface area contributed by atoms with Gasteiger partial charge in [0.2, 0.25) is 10.0 Å². The standard InChI is InChI=1S/C18H15N3O5S3/c1-3-10-21-14-9-8-12(29(19,25)26)11-15(14)27-18(21)20-17(22)13-6-4-5-7-16(13)28(2,23)24/h1,4-9,11H,10H2,2H3,(H2,19,25,26). The molecular weight excluding hydrogens is 434 g/mol. The molecule has 0 unspecified atom stereocenters. The number of hydrogen-bond acceptors (Lipinski definition) is 6. The Balaban J connectivity index is 2.24. The minimum atomic E-state index is -3.91. The quantitative estimate of drug-likeness (QED) is 0.597. The van der Waals surface area contributed by atoms with Crippen molar-refractivity contribution in [2.75, 3.05) is 6.26 Å². The molecule has 1 aromatic heterocycles. The predicted molar refractivity (Wildman–Crippen MR) is 109 cm³/mol. The van der Waals surface area contributed by atoms with Crippen LogP contribution in [0.2, 0.25) is 0 Å². The van der Waals surface area contributed by atoms with E-state index in [1.54, 1.807) is 4.57 Å². The first-order valence-corrected chi connectivity index (χ1v) is 12.3. The zero-order chi connectivity index (χ0) is 21.4. The van der Waals surface area contributed by atoms with Crippen LogP contribution in [-0.4, -0.2) is 33.6 Å². The van der Waals surface area contributed by atoms with Gasteiger partial charge in [-0.25, -0.2) is 22.0 Å². The Labute approximate surface area is 171 Å². The molecule has 0 saturated carbocycles. The molecule has 2 N–H and O–H groups in total. The average Bonchev–Trinajstić information content (AvgIpc) is 2.97. The van der Waals surface area contributed by atoms with Crippen LogP contribution in [0.4, 0.5) is 0 Å². The first-order valence-electron chi connectivity index (χ1n) is 8.00. The van der Waals surface area contributed by atoms with Gasteiger partial charge < -0.3 is 4.57 Å². The Morgan fingerprint density at radius 2 is 1.90 bits per heavy atom. The van der Waals surface area contributed by atoms with Gasteiger partial charge in [-0.2, -0.15) is 4.99 Å². The van der Waals surface area contributed by atoms with Crippen molar-refractivity contribution in [1.29, 1.82) is 0 Å². The smallest absolute Gasteiger partial charge is 0.280 e. The van der Waals surface area contributed by atoms with E-state index in [2.05, 4.69) is 10.9 Å². The predicted octanol–water partition coefficient (Wildman–Crippen LogP) is 1.13. The van der Waals surface area contributed by atoms with Crippen molar-refractivity contribution >= 4 is 47.3 Å². The molecule has 0 spiro atoms. The van der Waals surface area contributed by atoms with Crippen molar-refractivity contribution in [1.82, 2.24) is 4.57 Å². The fraction of sp³-hybridized carbons (Fsp3) is 0.111. The normalized spacial score (nSPS) is 12.8. The summed E-state index contributed by atoms with van der Waals surface area (Å²) >= 11 is 1.04. The van der Waals surface area contributed by atoms with Gasteiger partial charge in [-0.3, -0.25) is 4.79 Å². The fourth-order valence-corrected chi connectivity index (χ4v) is 5.24. The summed E-state index contributed by atoms with van der Waals surface area (Å²) in [4.78, 5) is 16.8. The lowest BCUT2D eigenvalue weighted by molar-refractivity contribution is 0.0994. The Morgan fingerprint density at radius 3 is 2.52 bits per heavy atom. The molecule has 2 aromatic carbocycles. The molecule has 0 aliphatic rings. The van der Waals surface area contributed by atoms with Crippen LogP contribution >= 0.6 is 11.3 Å². The molecule has 3 rings (SSSR count). The number of primary sulfonamides is 1. The van der Waals surface area contributed by atoms with E-state index in [0.717, 1.165) is 17.6 Å². The molecule has 0 radical (unpaired) electrons. The third-order valence-corrected chi connectivity index (χ3v) is 7.05. The van der Waals surface area contributed by atoms with E-state index in [0.29, 0.717) is 10.2 Å². The van der Waals surface area contributed by atoms with Gasteiger partial charge in [0.15, 0.2) is 14.6 Å². The van der Waals surface area contributed by atoms with Crippen molar-refractivity contribution in [2.45, 2.75) is 16.3 Å². The number of fused-ring (bicyclic) bond motifs is 1. The number of benzene rings is 2.